The number of thiazole rings is 1. The minimum absolute atomic E-state index is 0.671. The summed E-state index contributed by atoms with van der Waals surface area (Å²) in [5, 5.41) is 5.56. The molecule has 2 aromatic heterocycles. The van der Waals surface area contributed by atoms with Crippen LogP contribution in [0.2, 0.25) is 0 Å². The fourth-order valence-electron chi connectivity index (χ4n) is 3.00. The van der Waals surface area contributed by atoms with Crippen molar-refractivity contribution in [3.63, 3.8) is 0 Å². The Morgan fingerprint density at radius 2 is 2.37 bits per heavy atom. The van der Waals surface area contributed by atoms with Gasteiger partial charge in [0.05, 0.1) is 5.69 Å². The van der Waals surface area contributed by atoms with Gasteiger partial charge in [0, 0.05) is 30.7 Å². The zero-order valence-corrected chi connectivity index (χ0v) is 12.5. The molecule has 3 heterocycles. The van der Waals surface area contributed by atoms with Crippen LogP contribution >= 0.6 is 11.3 Å². The molecule has 0 saturated carbocycles. The first-order valence-corrected chi connectivity index (χ1v) is 8.14. The zero-order chi connectivity index (χ0) is 13.2. The maximum absolute atomic E-state index is 4.87. The van der Waals surface area contributed by atoms with Crippen molar-refractivity contribution >= 4 is 22.1 Å². The van der Waals surface area contributed by atoms with E-state index in [2.05, 4.69) is 40.0 Å². The molecule has 1 atom stereocenters. The summed E-state index contributed by atoms with van der Waals surface area (Å²) in [6.07, 6.45) is 5.96. The lowest BCUT2D eigenvalue weighted by molar-refractivity contribution is 0.634. The predicted molar refractivity (Wildman–Crippen MR) is 81.1 cm³/mol. The molecule has 104 valence electrons. The first-order chi connectivity index (χ1) is 9.35. The quantitative estimate of drug-likeness (QED) is 0.913. The Labute approximate surface area is 118 Å². The van der Waals surface area contributed by atoms with Crippen molar-refractivity contribution < 1.29 is 0 Å². The Hall–Kier alpha value is -1.07. The van der Waals surface area contributed by atoms with E-state index in [0.29, 0.717) is 6.04 Å². The van der Waals surface area contributed by atoms with Crippen LogP contribution in [0.3, 0.4) is 0 Å². The molecule has 0 aromatic carbocycles. The van der Waals surface area contributed by atoms with E-state index in [-0.39, 0.29) is 0 Å². The third-order valence-corrected chi connectivity index (χ3v) is 4.76. The van der Waals surface area contributed by atoms with Crippen LogP contribution in [0.1, 0.15) is 38.8 Å². The van der Waals surface area contributed by atoms with Gasteiger partial charge in [-0.2, -0.15) is 0 Å². The molecule has 1 unspecified atom stereocenters. The van der Waals surface area contributed by atoms with E-state index in [1.165, 1.54) is 30.8 Å². The fraction of sp³-hybridized carbons (Fsp3) is 0.643. The van der Waals surface area contributed by atoms with E-state index in [1.807, 2.05) is 0 Å². The van der Waals surface area contributed by atoms with Crippen molar-refractivity contribution in [2.45, 2.75) is 45.7 Å². The highest BCUT2D eigenvalue weighted by atomic mass is 32.1. The molecule has 3 rings (SSSR count). The average Bonchev–Trinajstić information content (AvgIpc) is 3.11. The van der Waals surface area contributed by atoms with Gasteiger partial charge in [-0.1, -0.05) is 13.8 Å². The minimum Gasteiger partial charge on any atom is -0.352 e. The largest absolute Gasteiger partial charge is 0.352 e. The van der Waals surface area contributed by atoms with Crippen molar-refractivity contribution in [3.05, 3.63) is 17.3 Å². The molecule has 1 saturated heterocycles. The van der Waals surface area contributed by atoms with Gasteiger partial charge < -0.3 is 10.2 Å². The van der Waals surface area contributed by atoms with Gasteiger partial charge in [-0.3, -0.25) is 4.40 Å². The predicted octanol–water partition coefficient (Wildman–Crippen LogP) is 2.88. The normalized spacial score (nSPS) is 19.7. The van der Waals surface area contributed by atoms with Crippen LogP contribution in [-0.4, -0.2) is 28.5 Å². The Balaban J connectivity index is 1.98. The summed E-state index contributed by atoms with van der Waals surface area (Å²) in [5.74, 6) is 1.21. The summed E-state index contributed by atoms with van der Waals surface area (Å²) < 4.78 is 2.24. The highest BCUT2D eigenvalue weighted by molar-refractivity contribution is 7.15. The van der Waals surface area contributed by atoms with Crippen LogP contribution in [0.4, 0.5) is 5.82 Å². The fourth-order valence-corrected chi connectivity index (χ4v) is 3.73. The van der Waals surface area contributed by atoms with Crippen molar-refractivity contribution in [1.82, 2.24) is 14.7 Å². The monoisotopic (exact) mass is 278 g/mol. The number of fused-ring (bicyclic) bond motifs is 1. The Morgan fingerprint density at radius 3 is 3.16 bits per heavy atom. The summed E-state index contributed by atoms with van der Waals surface area (Å²) >= 11 is 1.72. The van der Waals surface area contributed by atoms with Gasteiger partial charge in [0.25, 0.3) is 0 Å². The Bertz CT molecular complexity index is 545. The molecular weight excluding hydrogens is 256 g/mol. The summed E-state index contributed by atoms with van der Waals surface area (Å²) in [6, 6.07) is 0.671. The van der Waals surface area contributed by atoms with Gasteiger partial charge in [0.1, 0.15) is 0 Å². The molecule has 0 bridgehead atoms. The molecular formula is C14H22N4S. The molecule has 1 aliphatic heterocycles. The molecule has 2 aromatic rings. The number of rotatable bonds is 5. The maximum Gasteiger partial charge on any atom is 0.195 e. The minimum atomic E-state index is 0.671. The Morgan fingerprint density at radius 1 is 1.47 bits per heavy atom. The van der Waals surface area contributed by atoms with E-state index in [0.717, 1.165) is 24.6 Å². The third kappa shape index (κ3) is 2.25. The third-order valence-electron chi connectivity index (χ3n) is 4.00. The van der Waals surface area contributed by atoms with Gasteiger partial charge in [-0.15, -0.1) is 11.3 Å². The lowest BCUT2D eigenvalue weighted by atomic mass is 10.2. The second-order valence-corrected chi connectivity index (χ2v) is 5.99. The lowest BCUT2D eigenvalue weighted by Gasteiger charge is -2.24. The molecule has 1 fully saturated rings. The molecule has 0 amide bonds. The average molecular weight is 278 g/mol. The summed E-state index contributed by atoms with van der Waals surface area (Å²) in [4.78, 5) is 8.51. The first-order valence-electron chi connectivity index (χ1n) is 7.27. The Kier molecular flexibility index (Phi) is 3.75. The lowest BCUT2D eigenvalue weighted by Crippen LogP contribution is -2.30. The number of hydrogen-bond acceptors (Lipinski definition) is 4. The van der Waals surface area contributed by atoms with Gasteiger partial charge in [0.15, 0.2) is 10.8 Å². The molecule has 0 aliphatic carbocycles. The number of nitrogens with one attached hydrogen (secondary N) is 1. The van der Waals surface area contributed by atoms with E-state index in [9.17, 15) is 0 Å². The van der Waals surface area contributed by atoms with Crippen molar-refractivity contribution in [2.24, 2.45) is 0 Å². The van der Waals surface area contributed by atoms with Gasteiger partial charge in [-0.25, -0.2) is 4.98 Å². The second kappa shape index (κ2) is 5.51. The standard InChI is InChI=1S/C14H22N4S/c1-3-11-6-5-7-17(11)13-12(10-15-4-2)18-8-9-19-14(18)16-13/h8-9,11,15H,3-7,10H2,1-2H3. The smallest absolute Gasteiger partial charge is 0.195 e. The van der Waals surface area contributed by atoms with E-state index >= 15 is 0 Å². The maximum atomic E-state index is 4.87. The summed E-state index contributed by atoms with van der Waals surface area (Å²) in [5.41, 5.74) is 1.32. The number of anilines is 1. The van der Waals surface area contributed by atoms with E-state index < -0.39 is 0 Å². The van der Waals surface area contributed by atoms with Crippen LogP contribution in [0.15, 0.2) is 11.6 Å². The van der Waals surface area contributed by atoms with Crippen molar-refractivity contribution in [1.29, 1.82) is 0 Å². The first kappa shape index (κ1) is 12.9. The number of imidazole rings is 1. The van der Waals surface area contributed by atoms with Gasteiger partial charge in [-0.05, 0) is 25.8 Å². The number of nitrogens with zero attached hydrogens (tertiary/aromatic N) is 3. The molecule has 4 nitrogen and oxygen atoms in total. The molecule has 5 heteroatoms. The second-order valence-electron chi connectivity index (χ2n) is 5.12. The molecule has 1 N–H and O–H groups in total. The summed E-state index contributed by atoms with van der Waals surface area (Å²) in [7, 11) is 0. The molecule has 0 spiro atoms. The van der Waals surface area contributed by atoms with E-state index in [1.54, 1.807) is 11.3 Å². The highest BCUT2D eigenvalue weighted by Crippen LogP contribution is 2.31. The van der Waals surface area contributed by atoms with Crippen LogP contribution in [0, 0.1) is 0 Å². The molecule has 1 aliphatic rings. The van der Waals surface area contributed by atoms with Crippen LogP contribution in [-0.2, 0) is 6.54 Å². The van der Waals surface area contributed by atoms with Gasteiger partial charge >= 0.3 is 0 Å². The van der Waals surface area contributed by atoms with Crippen molar-refractivity contribution in [3.8, 4) is 0 Å². The van der Waals surface area contributed by atoms with Gasteiger partial charge in [0.2, 0.25) is 0 Å². The molecule has 0 radical (unpaired) electrons. The SMILES string of the molecule is CCNCc1c(N2CCCC2CC)nc2sccn12. The topological polar surface area (TPSA) is 32.6 Å². The number of aromatic nitrogens is 2. The van der Waals surface area contributed by atoms with Crippen molar-refractivity contribution in [2.75, 3.05) is 18.0 Å². The van der Waals surface area contributed by atoms with Crippen LogP contribution in [0.25, 0.3) is 4.96 Å². The van der Waals surface area contributed by atoms with E-state index in [4.69, 9.17) is 4.98 Å². The molecule has 19 heavy (non-hydrogen) atoms. The van der Waals surface area contributed by atoms with Crippen LogP contribution < -0.4 is 10.2 Å². The number of hydrogen-bond donors (Lipinski definition) is 1. The zero-order valence-electron chi connectivity index (χ0n) is 11.7. The van der Waals surface area contributed by atoms with Crippen LogP contribution in [0.5, 0.6) is 0 Å². The highest BCUT2D eigenvalue weighted by Gasteiger charge is 2.28. The summed E-state index contributed by atoms with van der Waals surface area (Å²) in [6.45, 7) is 7.48.